The zero-order chi connectivity index (χ0) is 23.2. The highest BCUT2D eigenvalue weighted by atomic mass is 32.2. The van der Waals surface area contributed by atoms with E-state index in [1.807, 2.05) is 30.3 Å². The van der Waals surface area contributed by atoms with Crippen LogP contribution in [-0.2, 0) is 10.5 Å². The molecule has 1 heterocycles. The Balaban J connectivity index is 1.34. The molecule has 1 aromatic heterocycles. The molecule has 0 aliphatic rings. The normalized spacial score (nSPS) is 10.7. The summed E-state index contributed by atoms with van der Waals surface area (Å²) in [6, 6.07) is 19.8. The number of hydrogen-bond donors (Lipinski definition) is 2. The first-order valence-corrected chi connectivity index (χ1v) is 11.4. The molecule has 0 saturated carbocycles. The number of imidazole rings is 1. The van der Waals surface area contributed by atoms with E-state index in [2.05, 4.69) is 15.3 Å². The summed E-state index contributed by atoms with van der Waals surface area (Å²) in [5.74, 6) is 0.899. The van der Waals surface area contributed by atoms with Crippen molar-refractivity contribution in [3.05, 3.63) is 83.4 Å². The standard InChI is InChI=1S/C25H23N3O4S/c1-3-32-24(30)18-8-10-19(11-9-18)26-23(29)17-6-4-16(5-7-17)15-33-25-27-21-13-12-20(31-2)14-22(21)28-25/h4-14H,3,15H2,1-2H3,(H,26,29)(H,27,28). The number of ether oxygens (including phenoxy) is 2. The summed E-state index contributed by atoms with van der Waals surface area (Å²) in [5.41, 5.74) is 4.50. The van der Waals surface area contributed by atoms with Crippen LogP contribution < -0.4 is 10.1 Å². The number of amides is 1. The molecule has 7 nitrogen and oxygen atoms in total. The molecule has 4 rings (SSSR count). The van der Waals surface area contributed by atoms with Gasteiger partial charge in [-0.2, -0.15) is 0 Å². The van der Waals surface area contributed by atoms with Crippen molar-refractivity contribution in [1.29, 1.82) is 0 Å². The Morgan fingerprint density at radius 1 is 1.00 bits per heavy atom. The van der Waals surface area contributed by atoms with Crippen molar-refractivity contribution in [2.45, 2.75) is 17.8 Å². The molecule has 0 bridgehead atoms. The first-order chi connectivity index (χ1) is 16.1. The number of fused-ring (bicyclic) bond motifs is 1. The van der Waals surface area contributed by atoms with Gasteiger partial charge in [-0.15, -0.1) is 0 Å². The molecule has 1 amide bonds. The van der Waals surface area contributed by atoms with Gasteiger partial charge in [0.2, 0.25) is 0 Å². The average Bonchev–Trinajstić information content (AvgIpc) is 3.25. The Morgan fingerprint density at radius 2 is 1.73 bits per heavy atom. The van der Waals surface area contributed by atoms with E-state index in [0.29, 0.717) is 29.2 Å². The fraction of sp³-hybridized carbons (Fsp3) is 0.160. The van der Waals surface area contributed by atoms with Crippen LogP contribution in [0.2, 0.25) is 0 Å². The van der Waals surface area contributed by atoms with Crippen LogP contribution in [0.15, 0.2) is 71.9 Å². The van der Waals surface area contributed by atoms with E-state index in [0.717, 1.165) is 27.5 Å². The largest absolute Gasteiger partial charge is 0.497 e. The van der Waals surface area contributed by atoms with Crippen LogP contribution in [0.5, 0.6) is 5.75 Å². The average molecular weight is 462 g/mol. The number of thioether (sulfide) groups is 1. The predicted molar refractivity (Wildman–Crippen MR) is 129 cm³/mol. The maximum Gasteiger partial charge on any atom is 0.338 e. The molecule has 0 aliphatic carbocycles. The number of esters is 1. The van der Waals surface area contributed by atoms with E-state index in [1.165, 1.54) is 0 Å². The molecule has 4 aromatic rings. The molecular weight excluding hydrogens is 438 g/mol. The zero-order valence-corrected chi connectivity index (χ0v) is 19.1. The summed E-state index contributed by atoms with van der Waals surface area (Å²) in [5, 5.41) is 3.66. The van der Waals surface area contributed by atoms with Crippen molar-refractivity contribution >= 4 is 40.4 Å². The maximum absolute atomic E-state index is 12.5. The number of rotatable bonds is 8. The lowest BCUT2D eigenvalue weighted by Gasteiger charge is -2.07. The number of aromatic amines is 1. The second-order valence-corrected chi connectivity index (χ2v) is 8.13. The van der Waals surface area contributed by atoms with E-state index in [-0.39, 0.29) is 11.9 Å². The molecular formula is C25H23N3O4S. The van der Waals surface area contributed by atoms with Crippen LogP contribution in [0.4, 0.5) is 5.69 Å². The Morgan fingerprint density at radius 3 is 2.42 bits per heavy atom. The zero-order valence-electron chi connectivity index (χ0n) is 18.3. The van der Waals surface area contributed by atoms with Gasteiger partial charge < -0.3 is 19.8 Å². The fourth-order valence-corrected chi connectivity index (χ4v) is 4.01. The second kappa shape index (κ2) is 10.2. The minimum atomic E-state index is -0.383. The minimum Gasteiger partial charge on any atom is -0.497 e. The third kappa shape index (κ3) is 5.53. The van der Waals surface area contributed by atoms with Gasteiger partial charge in [-0.05, 0) is 61.0 Å². The minimum absolute atomic E-state index is 0.218. The molecule has 0 atom stereocenters. The molecule has 0 saturated heterocycles. The summed E-state index contributed by atoms with van der Waals surface area (Å²) >= 11 is 1.59. The molecule has 168 valence electrons. The van der Waals surface area contributed by atoms with Crippen molar-refractivity contribution in [1.82, 2.24) is 9.97 Å². The first-order valence-electron chi connectivity index (χ1n) is 10.4. The van der Waals surface area contributed by atoms with Gasteiger partial charge >= 0.3 is 5.97 Å². The van der Waals surface area contributed by atoms with Crippen LogP contribution >= 0.6 is 11.8 Å². The van der Waals surface area contributed by atoms with Gasteiger partial charge in [-0.25, -0.2) is 9.78 Å². The number of H-pyrrole nitrogens is 1. The molecule has 2 N–H and O–H groups in total. The van der Waals surface area contributed by atoms with Crippen LogP contribution in [0, 0.1) is 0 Å². The summed E-state index contributed by atoms with van der Waals surface area (Å²) in [6.07, 6.45) is 0. The van der Waals surface area contributed by atoms with Gasteiger partial charge in [0.05, 0.1) is 30.3 Å². The SMILES string of the molecule is CCOC(=O)c1ccc(NC(=O)c2ccc(CSc3nc4ccc(OC)cc4[nH]3)cc2)cc1. The number of carbonyl (C=O) groups is 2. The molecule has 0 unspecified atom stereocenters. The molecule has 0 aliphatic heterocycles. The van der Waals surface area contributed by atoms with E-state index >= 15 is 0 Å². The lowest BCUT2D eigenvalue weighted by Crippen LogP contribution is -2.12. The van der Waals surface area contributed by atoms with Crippen LogP contribution in [-0.4, -0.2) is 35.6 Å². The van der Waals surface area contributed by atoms with Gasteiger partial charge in [-0.3, -0.25) is 4.79 Å². The molecule has 0 radical (unpaired) electrons. The highest BCUT2D eigenvalue weighted by Crippen LogP contribution is 2.25. The smallest absolute Gasteiger partial charge is 0.338 e. The number of anilines is 1. The number of nitrogens with one attached hydrogen (secondary N) is 2. The van der Waals surface area contributed by atoms with Gasteiger partial charge in [0.25, 0.3) is 5.91 Å². The second-order valence-electron chi connectivity index (χ2n) is 7.16. The Bertz CT molecular complexity index is 1270. The maximum atomic E-state index is 12.5. The first kappa shape index (κ1) is 22.4. The highest BCUT2D eigenvalue weighted by molar-refractivity contribution is 7.98. The molecule has 33 heavy (non-hydrogen) atoms. The van der Waals surface area contributed by atoms with Crippen molar-refractivity contribution in [3.8, 4) is 5.75 Å². The number of carbonyl (C=O) groups excluding carboxylic acids is 2. The molecule has 3 aromatic carbocycles. The van der Waals surface area contributed by atoms with E-state index < -0.39 is 0 Å². The van der Waals surface area contributed by atoms with Crippen LogP contribution in [0.1, 0.15) is 33.2 Å². The van der Waals surface area contributed by atoms with Crippen LogP contribution in [0.25, 0.3) is 11.0 Å². The van der Waals surface area contributed by atoms with E-state index in [1.54, 1.807) is 62.2 Å². The lowest BCUT2D eigenvalue weighted by molar-refractivity contribution is 0.0526. The monoisotopic (exact) mass is 461 g/mol. The van der Waals surface area contributed by atoms with Gasteiger partial charge in [0.1, 0.15) is 5.75 Å². The number of methoxy groups -OCH3 is 1. The van der Waals surface area contributed by atoms with E-state index in [9.17, 15) is 9.59 Å². The number of nitrogens with zero attached hydrogens (tertiary/aromatic N) is 1. The van der Waals surface area contributed by atoms with Crippen LogP contribution in [0.3, 0.4) is 0 Å². The van der Waals surface area contributed by atoms with Gasteiger partial charge in [0, 0.05) is 23.1 Å². The van der Waals surface area contributed by atoms with Gasteiger partial charge in [-0.1, -0.05) is 23.9 Å². The third-order valence-electron chi connectivity index (χ3n) is 4.91. The van der Waals surface area contributed by atoms with Crippen molar-refractivity contribution in [2.24, 2.45) is 0 Å². The lowest BCUT2D eigenvalue weighted by atomic mass is 10.1. The highest BCUT2D eigenvalue weighted by Gasteiger charge is 2.10. The topological polar surface area (TPSA) is 93.3 Å². The van der Waals surface area contributed by atoms with Gasteiger partial charge in [0.15, 0.2) is 5.16 Å². The quantitative estimate of drug-likeness (QED) is 0.273. The summed E-state index contributed by atoms with van der Waals surface area (Å²) in [7, 11) is 1.64. The predicted octanol–water partition coefficient (Wildman–Crippen LogP) is 5.29. The fourth-order valence-electron chi connectivity index (χ4n) is 3.17. The molecule has 0 spiro atoms. The Hall–Kier alpha value is -3.78. The Kier molecular flexibility index (Phi) is 6.95. The van der Waals surface area contributed by atoms with Crippen molar-refractivity contribution in [2.75, 3.05) is 19.0 Å². The Labute approximate surface area is 195 Å². The van der Waals surface area contributed by atoms with Crippen molar-refractivity contribution < 1.29 is 19.1 Å². The van der Waals surface area contributed by atoms with Crippen molar-refractivity contribution in [3.63, 3.8) is 0 Å². The number of aromatic nitrogens is 2. The van der Waals surface area contributed by atoms with E-state index in [4.69, 9.17) is 9.47 Å². The number of hydrogen-bond acceptors (Lipinski definition) is 6. The summed E-state index contributed by atoms with van der Waals surface area (Å²) in [4.78, 5) is 32.1. The summed E-state index contributed by atoms with van der Waals surface area (Å²) in [6.45, 7) is 2.08. The molecule has 8 heteroatoms. The summed E-state index contributed by atoms with van der Waals surface area (Å²) < 4.78 is 10.2. The third-order valence-corrected chi connectivity index (χ3v) is 5.86. The number of benzene rings is 3. The molecule has 0 fully saturated rings.